The Hall–Kier alpha value is -0.950. The first-order valence-electron chi connectivity index (χ1n) is 4.47. The molecule has 2 rings (SSSR count). The van der Waals surface area contributed by atoms with Crippen molar-refractivity contribution in [1.29, 1.82) is 0 Å². The topological polar surface area (TPSA) is 12.0 Å². The molecule has 1 N–H and O–H groups in total. The molecule has 13 heavy (non-hydrogen) atoms. The van der Waals surface area contributed by atoms with Crippen molar-refractivity contribution in [3.05, 3.63) is 41.6 Å². The van der Waals surface area contributed by atoms with E-state index < -0.39 is 0 Å². The number of hydrogen-bond donors (Lipinski definition) is 1. The lowest BCUT2D eigenvalue weighted by Gasteiger charge is -2.07. The van der Waals surface area contributed by atoms with Crippen molar-refractivity contribution < 1.29 is 0 Å². The number of nitrogens with one attached hydrogen (secondary N) is 1. The third kappa shape index (κ3) is 2.25. The summed E-state index contributed by atoms with van der Waals surface area (Å²) in [5.41, 5.74) is 2.20. The normalized spacial score (nSPS) is 15.5. The van der Waals surface area contributed by atoms with Crippen LogP contribution in [0.3, 0.4) is 0 Å². The monoisotopic (exact) mass is 193 g/mol. The molecule has 1 nitrogen and oxygen atoms in total. The van der Waals surface area contributed by atoms with Crippen LogP contribution < -0.4 is 5.32 Å². The Morgan fingerprint density at radius 1 is 1.31 bits per heavy atom. The number of hydrogen-bond acceptors (Lipinski definition) is 1. The third-order valence-electron chi connectivity index (χ3n) is 2.22. The Morgan fingerprint density at radius 2 is 1.92 bits per heavy atom. The van der Waals surface area contributed by atoms with Crippen molar-refractivity contribution >= 4 is 17.3 Å². The van der Waals surface area contributed by atoms with Gasteiger partial charge in [0.05, 0.1) is 0 Å². The minimum atomic E-state index is 0.690. The predicted molar refractivity (Wildman–Crippen MR) is 56.9 cm³/mol. The Morgan fingerprint density at radius 3 is 2.46 bits per heavy atom. The fraction of sp³-hybridized carbons (Fsp3) is 0.273. The highest BCUT2D eigenvalue weighted by Crippen LogP contribution is 2.35. The molecule has 1 fully saturated rings. The van der Waals surface area contributed by atoms with E-state index in [1.165, 1.54) is 12.8 Å². The van der Waals surface area contributed by atoms with Crippen molar-refractivity contribution in [3.8, 4) is 0 Å². The molecule has 0 radical (unpaired) electrons. The van der Waals surface area contributed by atoms with E-state index in [-0.39, 0.29) is 0 Å². The molecule has 0 unspecified atom stereocenters. The standard InChI is InChI=1S/C11H12ClN/c1-8(9-2-3-9)13-11-6-4-10(12)5-7-11/h4-7,9,13H,1-3H2. The molecule has 0 spiro atoms. The van der Waals surface area contributed by atoms with Crippen molar-refractivity contribution in [1.82, 2.24) is 0 Å². The van der Waals surface area contributed by atoms with Crippen LogP contribution in [-0.2, 0) is 0 Å². The van der Waals surface area contributed by atoms with E-state index in [0.29, 0.717) is 5.92 Å². The van der Waals surface area contributed by atoms with Gasteiger partial charge in [-0.2, -0.15) is 0 Å². The van der Waals surface area contributed by atoms with E-state index in [0.717, 1.165) is 16.4 Å². The smallest absolute Gasteiger partial charge is 0.0407 e. The molecular formula is C11H12ClN. The van der Waals surface area contributed by atoms with Gasteiger partial charge in [0, 0.05) is 16.4 Å². The van der Waals surface area contributed by atoms with E-state index in [9.17, 15) is 0 Å². The third-order valence-corrected chi connectivity index (χ3v) is 2.47. The Balaban J connectivity index is 2.00. The minimum absolute atomic E-state index is 0.690. The van der Waals surface area contributed by atoms with Gasteiger partial charge in [0.2, 0.25) is 0 Å². The molecule has 2 heteroatoms. The Kier molecular flexibility index (Phi) is 2.28. The van der Waals surface area contributed by atoms with E-state index >= 15 is 0 Å². The van der Waals surface area contributed by atoms with E-state index in [4.69, 9.17) is 11.6 Å². The van der Waals surface area contributed by atoms with Gasteiger partial charge in [-0.15, -0.1) is 0 Å². The largest absolute Gasteiger partial charge is 0.359 e. The summed E-state index contributed by atoms with van der Waals surface area (Å²) in [7, 11) is 0. The number of anilines is 1. The highest BCUT2D eigenvalue weighted by atomic mass is 35.5. The maximum Gasteiger partial charge on any atom is 0.0407 e. The van der Waals surface area contributed by atoms with Crippen molar-refractivity contribution in [2.45, 2.75) is 12.8 Å². The van der Waals surface area contributed by atoms with Gasteiger partial charge in [0.25, 0.3) is 0 Å². The van der Waals surface area contributed by atoms with Crippen LogP contribution in [0.15, 0.2) is 36.5 Å². The van der Waals surface area contributed by atoms with Gasteiger partial charge in [0.1, 0.15) is 0 Å². The quantitative estimate of drug-likeness (QED) is 0.773. The predicted octanol–water partition coefficient (Wildman–Crippen LogP) is 3.68. The molecule has 0 atom stereocenters. The molecule has 0 heterocycles. The van der Waals surface area contributed by atoms with Gasteiger partial charge in [-0.3, -0.25) is 0 Å². The summed E-state index contributed by atoms with van der Waals surface area (Å²) in [5.74, 6) is 0.690. The van der Waals surface area contributed by atoms with Crippen molar-refractivity contribution in [3.63, 3.8) is 0 Å². The van der Waals surface area contributed by atoms with Gasteiger partial charge < -0.3 is 5.32 Å². The zero-order valence-electron chi connectivity index (χ0n) is 7.39. The number of rotatable bonds is 3. The van der Waals surface area contributed by atoms with Crippen LogP contribution in [0.25, 0.3) is 0 Å². The number of halogens is 1. The number of allylic oxidation sites excluding steroid dienone is 1. The summed E-state index contributed by atoms with van der Waals surface area (Å²) in [6.45, 7) is 3.99. The molecule has 0 aromatic heterocycles. The van der Waals surface area contributed by atoms with Crippen LogP contribution in [-0.4, -0.2) is 0 Å². The van der Waals surface area contributed by atoms with Crippen LogP contribution >= 0.6 is 11.6 Å². The first-order valence-corrected chi connectivity index (χ1v) is 4.85. The Labute approximate surface area is 83.4 Å². The molecule has 0 aliphatic heterocycles. The van der Waals surface area contributed by atoms with Crippen molar-refractivity contribution in [2.24, 2.45) is 5.92 Å². The van der Waals surface area contributed by atoms with Crippen LogP contribution in [0.5, 0.6) is 0 Å². The molecule has 1 aliphatic rings. The van der Waals surface area contributed by atoms with Gasteiger partial charge in [-0.1, -0.05) is 18.2 Å². The molecule has 68 valence electrons. The molecule has 0 saturated heterocycles. The fourth-order valence-electron chi connectivity index (χ4n) is 1.25. The second kappa shape index (κ2) is 3.43. The molecule has 1 aliphatic carbocycles. The zero-order valence-corrected chi connectivity index (χ0v) is 8.14. The second-order valence-corrected chi connectivity index (χ2v) is 3.87. The van der Waals surface area contributed by atoms with Gasteiger partial charge >= 0.3 is 0 Å². The zero-order chi connectivity index (χ0) is 9.26. The van der Waals surface area contributed by atoms with Crippen LogP contribution in [0.1, 0.15) is 12.8 Å². The molecular weight excluding hydrogens is 182 g/mol. The highest BCUT2D eigenvalue weighted by Gasteiger charge is 2.24. The average molecular weight is 194 g/mol. The Bertz CT molecular complexity index is 311. The van der Waals surface area contributed by atoms with Gasteiger partial charge in [0.15, 0.2) is 0 Å². The maximum absolute atomic E-state index is 5.77. The van der Waals surface area contributed by atoms with Gasteiger partial charge in [-0.05, 0) is 43.0 Å². The summed E-state index contributed by atoms with van der Waals surface area (Å²) in [5, 5.41) is 4.04. The molecule has 0 bridgehead atoms. The average Bonchev–Trinajstić information content (AvgIpc) is 2.91. The first-order chi connectivity index (χ1) is 6.25. The minimum Gasteiger partial charge on any atom is -0.359 e. The molecule has 1 aromatic rings. The molecule has 1 aromatic carbocycles. The summed E-state index contributed by atoms with van der Waals surface area (Å²) >= 11 is 5.77. The fourth-order valence-corrected chi connectivity index (χ4v) is 1.38. The lowest BCUT2D eigenvalue weighted by atomic mass is 10.2. The van der Waals surface area contributed by atoms with Crippen molar-refractivity contribution in [2.75, 3.05) is 5.32 Å². The summed E-state index contributed by atoms with van der Waals surface area (Å²) in [6.07, 6.45) is 2.55. The van der Waals surface area contributed by atoms with Gasteiger partial charge in [-0.25, -0.2) is 0 Å². The summed E-state index contributed by atoms with van der Waals surface area (Å²) in [6, 6.07) is 7.69. The number of benzene rings is 1. The van der Waals surface area contributed by atoms with E-state index in [2.05, 4.69) is 11.9 Å². The van der Waals surface area contributed by atoms with Crippen LogP contribution in [0.4, 0.5) is 5.69 Å². The van der Waals surface area contributed by atoms with Crippen LogP contribution in [0, 0.1) is 5.92 Å². The second-order valence-electron chi connectivity index (χ2n) is 3.43. The van der Waals surface area contributed by atoms with E-state index in [1.807, 2.05) is 24.3 Å². The lowest BCUT2D eigenvalue weighted by Crippen LogP contribution is -1.98. The summed E-state index contributed by atoms with van der Waals surface area (Å²) < 4.78 is 0. The lowest BCUT2D eigenvalue weighted by molar-refractivity contribution is 1.02. The first kappa shape index (κ1) is 8.64. The SMILES string of the molecule is C=C(Nc1ccc(Cl)cc1)C1CC1. The van der Waals surface area contributed by atoms with Crippen LogP contribution in [0.2, 0.25) is 5.02 Å². The maximum atomic E-state index is 5.77. The van der Waals surface area contributed by atoms with E-state index in [1.54, 1.807) is 0 Å². The highest BCUT2D eigenvalue weighted by molar-refractivity contribution is 6.30. The molecule has 1 saturated carbocycles. The summed E-state index contributed by atoms with van der Waals surface area (Å²) in [4.78, 5) is 0. The molecule has 0 amide bonds.